The first-order chi connectivity index (χ1) is 10.1. The Morgan fingerprint density at radius 2 is 1.14 bits per heavy atom. The minimum atomic E-state index is -2.28. The van der Waals surface area contributed by atoms with Crippen molar-refractivity contribution in [3.05, 3.63) is 42.0 Å². The van der Waals surface area contributed by atoms with Gasteiger partial charge in [-0.3, -0.25) is 4.79 Å². The summed E-state index contributed by atoms with van der Waals surface area (Å²) < 4.78 is 0. The van der Waals surface area contributed by atoms with E-state index in [0.717, 1.165) is 11.8 Å². The molecule has 21 heavy (non-hydrogen) atoms. The van der Waals surface area contributed by atoms with Gasteiger partial charge in [0, 0.05) is 0 Å². The van der Waals surface area contributed by atoms with E-state index in [1.165, 1.54) is 6.08 Å². The Balaban J connectivity index is 0.0000000793. The van der Waals surface area contributed by atoms with Crippen molar-refractivity contribution in [3.8, 4) is 0 Å². The molecule has 0 bridgehead atoms. The topological polar surface area (TPSA) is 17.1 Å². The van der Waals surface area contributed by atoms with Crippen LogP contribution in [-0.2, 0) is 11.3 Å². The standard InChI is InChI=1S/C9H8O.2C5H5.Fe/c10-8-4-7-9-5-2-1-3-6-9;2*1-2-4-5-3-1;/h1-8H;2*1-5H;. The Kier molecular flexibility index (Phi) is 0.360. The van der Waals surface area contributed by atoms with Crippen LogP contribution in [-0.4, -0.2) is 6.29 Å². The second kappa shape index (κ2) is 0.870. The molecule has 10 aliphatic heterocycles. The fourth-order valence-corrected chi connectivity index (χ4v) is 88.7. The van der Waals surface area contributed by atoms with Gasteiger partial charge in [0.2, 0.25) is 0 Å². The molecule has 0 aliphatic carbocycles. The average Bonchev–Trinajstić information content (AvgIpc) is 3.47. The fourth-order valence-electron chi connectivity index (χ4n) is 16.5. The number of hydrogen-bond acceptors (Lipinski definition) is 1. The van der Waals surface area contributed by atoms with Crippen molar-refractivity contribution in [2.75, 3.05) is 0 Å². The average molecular weight is 318 g/mol. The predicted octanol–water partition coefficient (Wildman–Crippen LogP) is 5.27. The Labute approximate surface area is 114 Å². The number of aldehydes is 1. The third-order valence-electron chi connectivity index (χ3n) is 15.7. The molecule has 1 aromatic carbocycles. The summed E-state index contributed by atoms with van der Waals surface area (Å²) in [6.07, 6.45) is 4.02. The number of hydrogen-bond donors (Lipinski definition) is 0. The first-order valence-electron chi connectivity index (χ1n) is 8.48. The van der Waals surface area contributed by atoms with Crippen LogP contribution in [0.15, 0.2) is 36.4 Å². The fraction of sp³-hybridized carbons (Fsp3) is 0.526. The number of fused-ring (bicyclic) bond motifs is 10. The van der Waals surface area contributed by atoms with Crippen LogP contribution in [0.3, 0.4) is 0 Å². The maximum absolute atomic E-state index is 9.89. The van der Waals surface area contributed by atoms with Crippen molar-refractivity contribution in [1.29, 1.82) is 0 Å². The van der Waals surface area contributed by atoms with Crippen LogP contribution in [0.5, 0.6) is 0 Å². The van der Waals surface area contributed by atoms with Crippen molar-refractivity contribution < 1.29 is 11.3 Å². The minimum absolute atomic E-state index is 0.771. The van der Waals surface area contributed by atoms with E-state index in [1.807, 2.05) is 30.3 Å². The van der Waals surface area contributed by atoms with Gasteiger partial charge in [-0.15, -0.1) is 0 Å². The van der Waals surface area contributed by atoms with Gasteiger partial charge in [-0.25, -0.2) is 0 Å². The zero-order valence-corrected chi connectivity index (χ0v) is 12.8. The van der Waals surface area contributed by atoms with Crippen molar-refractivity contribution >= 4 is 12.4 Å². The Morgan fingerprint density at radius 3 is 1.43 bits per heavy atom. The van der Waals surface area contributed by atoms with Gasteiger partial charge in [-0.05, 0) is 11.6 Å². The van der Waals surface area contributed by atoms with Gasteiger partial charge >= 0.3 is 54.7 Å². The van der Waals surface area contributed by atoms with Gasteiger partial charge in [-0.2, -0.15) is 0 Å². The molecular weight excluding hydrogens is 300 g/mol. The number of carbonyl (C=O) groups excluding carboxylic acids is 1. The van der Waals surface area contributed by atoms with Gasteiger partial charge in [-0.1, -0.05) is 36.4 Å². The maximum atomic E-state index is 9.89. The molecule has 1 aromatic rings. The molecular formula is C19H18FeO. The molecule has 1 spiro atoms. The van der Waals surface area contributed by atoms with Gasteiger partial charge in [0.25, 0.3) is 0 Å². The van der Waals surface area contributed by atoms with E-state index >= 15 is 0 Å². The summed E-state index contributed by atoms with van der Waals surface area (Å²) in [6, 6.07) is 9.70. The summed E-state index contributed by atoms with van der Waals surface area (Å²) in [5.74, 6) is 0. The number of allylic oxidation sites excluding steroid dienone is 1. The van der Waals surface area contributed by atoms with Crippen LogP contribution >= 0.6 is 0 Å². The second-order valence-electron chi connectivity index (χ2n) is 11.5. The first kappa shape index (κ1) is 8.70. The van der Waals surface area contributed by atoms with E-state index in [9.17, 15) is 4.79 Å². The normalized spacial score (nSPS) is 94.3. The molecule has 0 aromatic heterocycles. The summed E-state index contributed by atoms with van der Waals surface area (Å²) in [6.45, 7) is -2.28. The number of benzene rings is 1. The summed E-state index contributed by atoms with van der Waals surface area (Å²) in [4.78, 5) is 25.8. The second-order valence-corrected chi connectivity index (χ2v) is 35.4. The van der Waals surface area contributed by atoms with E-state index in [1.54, 1.807) is 54.2 Å². The van der Waals surface area contributed by atoms with E-state index in [4.69, 9.17) is 0 Å². The van der Waals surface area contributed by atoms with Crippen molar-refractivity contribution in [3.63, 3.8) is 0 Å². The van der Waals surface area contributed by atoms with Crippen molar-refractivity contribution in [2.45, 2.75) is 48.2 Å². The molecule has 108 valence electrons. The van der Waals surface area contributed by atoms with Gasteiger partial charge in [0.05, 0.1) is 0 Å². The molecule has 10 aliphatic rings. The summed E-state index contributed by atoms with van der Waals surface area (Å²) in [7, 11) is 0. The number of carbonyl (C=O) groups is 1. The van der Waals surface area contributed by atoms with Gasteiger partial charge in [0.1, 0.15) is 6.29 Å². The first-order valence-corrected chi connectivity index (χ1v) is 14.9. The quantitative estimate of drug-likeness (QED) is 0.412. The Morgan fingerprint density at radius 1 is 0.714 bits per heavy atom. The van der Waals surface area contributed by atoms with Crippen LogP contribution in [0.1, 0.15) is 5.56 Å². The molecule has 2 heteroatoms. The van der Waals surface area contributed by atoms with Crippen molar-refractivity contribution in [2.24, 2.45) is 0 Å². The molecule has 10 saturated heterocycles. The van der Waals surface area contributed by atoms with Crippen LogP contribution in [0.4, 0.5) is 0 Å². The SMILES string of the molecule is O=CC=Cc1ccccc1.[CH]12[CH]3[CH]4[CH]5[CH]1[Fe]23451678[CH]2[CH]1[CH]6[CH]7[CH]28. The third kappa shape index (κ3) is 0.126. The van der Waals surface area contributed by atoms with Crippen LogP contribution in [0.2, 0.25) is 48.2 Å². The third-order valence-corrected chi connectivity index (χ3v) is 57.6. The summed E-state index contributed by atoms with van der Waals surface area (Å²) >= 11 is 0. The van der Waals surface area contributed by atoms with Crippen LogP contribution in [0, 0.1) is 0 Å². The molecule has 0 unspecified atom stereocenters. The van der Waals surface area contributed by atoms with E-state index in [0.29, 0.717) is 0 Å². The molecule has 0 amide bonds. The molecule has 10 heterocycles. The van der Waals surface area contributed by atoms with Crippen molar-refractivity contribution in [1.82, 2.24) is 0 Å². The predicted molar refractivity (Wildman–Crippen MR) is 79.0 cm³/mol. The van der Waals surface area contributed by atoms with E-state index < -0.39 is 6.51 Å². The molecule has 0 saturated carbocycles. The molecule has 0 N–H and O–H groups in total. The molecule has 10 fully saturated rings. The monoisotopic (exact) mass is 318 g/mol. The van der Waals surface area contributed by atoms with Crippen LogP contribution < -0.4 is 0 Å². The Hall–Kier alpha value is -0.851. The number of rotatable bonds is 2. The van der Waals surface area contributed by atoms with Crippen LogP contribution in [0.25, 0.3) is 6.08 Å². The van der Waals surface area contributed by atoms with E-state index in [-0.39, 0.29) is 0 Å². The molecule has 0 atom stereocenters. The van der Waals surface area contributed by atoms with Gasteiger partial charge in [0.15, 0.2) is 0 Å². The zero-order valence-electron chi connectivity index (χ0n) is 11.7. The van der Waals surface area contributed by atoms with Gasteiger partial charge < -0.3 is 0 Å². The molecule has 1 nitrogen and oxygen atoms in total. The summed E-state index contributed by atoms with van der Waals surface area (Å²) in [5.41, 5.74) is 1.05. The summed E-state index contributed by atoms with van der Waals surface area (Å²) in [5, 5.41) is 0. The molecule has 11 rings (SSSR count). The zero-order chi connectivity index (χ0) is 13.3. The van der Waals surface area contributed by atoms with E-state index in [2.05, 4.69) is 0 Å². The Bertz CT molecular complexity index is 967. The molecule has 0 radical (unpaired) electrons.